The molecule has 3 heterocycles. The quantitative estimate of drug-likeness (QED) is 0.607. The average molecular weight is 341 g/mol. The van der Waals surface area contributed by atoms with Gasteiger partial charge in [0, 0.05) is 29.5 Å². The van der Waals surface area contributed by atoms with Gasteiger partial charge >= 0.3 is 5.97 Å². The van der Waals surface area contributed by atoms with Crippen LogP contribution in [0.25, 0.3) is 33.3 Å². The molecule has 0 radical (unpaired) electrons. The van der Waals surface area contributed by atoms with Crippen molar-refractivity contribution in [1.29, 1.82) is 0 Å². The van der Waals surface area contributed by atoms with Crippen molar-refractivity contribution in [2.24, 2.45) is 0 Å². The number of nitrogens with zero attached hydrogens (tertiary/aromatic N) is 3. The van der Waals surface area contributed by atoms with E-state index in [1.54, 1.807) is 24.7 Å². The van der Waals surface area contributed by atoms with E-state index in [2.05, 4.69) is 22.1 Å². The van der Waals surface area contributed by atoms with E-state index in [1.165, 1.54) is 0 Å². The first kappa shape index (κ1) is 15.9. The van der Waals surface area contributed by atoms with E-state index < -0.39 is 5.97 Å². The van der Waals surface area contributed by atoms with Crippen LogP contribution in [0.5, 0.6) is 0 Å². The molecule has 0 spiro atoms. The van der Waals surface area contributed by atoms with E-state index >= 15 is 0 Å². The maximum absolute atomic E-state index is 10.9. The molecule has 5 heteroatoms. The first-order valence-corrected chi connectivity index (χ1v) is 8.17. The molecule has 0 unspecified atom stereocenters. The van der Waals surface area contributed by atoms with Crippen LogP contribution in [0, 0.1) is 0 Å². The molecule has 0 fully saturated rings. The van der Waals surface area contributed by atoms with E-state index in [1.807, 2.05) is 36.4 Å². The third-order valence-corrected chi connectivity index (χ3v) is 4.13. The number of benzene rings is 1. The molecule has 1 N–H and O–H groups in total. The van der Waals surface area contributed by atoms with Crippen molar-refractivity contribution in [1.82, 2.24) is 15.0 Å². The van der Waals surface area contributed by atoms with Gasteiger partial charge in [0.15, 0.2) is 0 Å². The number of carbonyl (C=O) groups is 1. The molecule has 0 saturated heterocycles. The molecule has 0 atom stereocenters. The highest BCUT2D eigenvalue weighted by Crippen LogP contribution is 2.26. The van der Waals surface area contributed by atoms with Gasteiger partial charge in [-0.2, -0.15) is 0 Å². The number of aromatic nitrogens is 3. The van der Waals surface area contributed by atoms with Gasteiger partial charge in [-0.25, -0.2) is 4.98 Å². The van der Waals surface area contributed by atoms with Crippen molar-refractivity contribution >= 4 is 16.9 Å². The molecule has 126 valence electrons. The van der Waals surface area contributed by atoms with Crippen molar-refractivity contribution in [3.8, 4) is 22.4 Å². The van der Waals surface area contributed by atoms with Crippen LogP contribution in [0.3, 0.4) is 0 Å². The third kappa shape index (κ3) is 3.28. The van der Waals surface area contributed by atoms with Crippen LogP contribution < -0.4 is 0 Å². The summed E-state index contributed by atoms with van der Waals surface area (Å²) in [6, 6.07) is 17.7. The minimum absolute atomic E-state index is 0.112. The Morgan fingerprint density at radius 3 is 2.54 bits per heavy atom. The Hall–Kier alpha value is -3.60. The predicted molar refractivity (Wildman–Crippen MR) is 99.5 cm³/mol. The molecule has 26 heavy (non-hydrogen) atoms. The van der Waals surface area contributed by atoms with Gasteiger partial charge in [0.1, 0.15) is 0 Å². The van der Waals surface area contributed by atoms with Crippen LogP contribution in [0.1, 0.15) is 5.69 Å². The number of carboxylic acids is 1. The number of hydrogen-bond acceptors (Lipinski definition) is 4. The molecule has 1 aromatic carbocycles. The lowest BCUT2D eigenvalue weighted by atomic mass is 10.0. The first-order valence-electron chi connectivity index (χ1n) is 8.17. The number of fused-ring (bicyclic) bond motifs is 1. The second-order valence-electron chi connectivity index (χ2n) is 5.95. The molecule has 5 nitrogen and oxygen atoms in total. The molecule has 0 aliphatic carbocycles. The van der Waals surface area contributed by atoms with Gasteiger partial charge in [0.25, 0.3) is 0 Å². The lowest BCUT2D eigenvalue weighted by Crippen LogP contribution is -2.02. The third-order valence-electron chi connectivity index (χ3n) is 4.13. The number of hydrogen-bond donors (Lipinski definition) is 1. The minimum Gasteiger partial charge on any atom is -0.481 e. The topological polar surface area (TPSA) is 76.0 Å². The fraction of sp³-hybridized carbons (Fsp3) is 0.0476. The summed E-state index contributed by atoms with van der Waals surface area (Å²) in [6.45, 7) is 0. The van der Waals surface area contributed by atoms with Gasteiger partial charge in [0.2, 0.25) is 0 Å². The molecule has 3 aromatic heterocycles. The predicted octanol–water partition coefficient (Wildman–Crippen LogP) is 3.99. The summed E-state index contributed by atoms with van der Waals surface area (Å²) in [5.41, 5.74) is 5.26. The Kier molecular flexibility index (Phi) is 4.11. The van der Waals surface area contributed by atoms with Crippen molar-refractivity contribution in [3.05, 3.63) is 78.9 Å². The second kappa shape index (κ2) is 6.72. The monoisotopic (exact) mass is 341 g/mol. The van der Waals surface area contributed by atoms with Gasteiger partial charge in [-0.3, -0.25) is 14.8 Å². The Morgan fingerprint density at radius 2 is 1.73 bits per heavy atom. The summed E-state index contributed by atoms with van der Waals surface area (Å²) >= 11 is 0. The van der Waals surface area contributed by atoms with Crippen molar-refractivity contribution < 1.29 is 9.90 Å². The highest BCUT2D eigenvalue weighted by atomic mass is 16.4. The molecule has 4 aromatic rings. The Balaban J connectivity index is 1.75. The summed E-state index contributed by atoms with van der Waals surface area (Å²) in [6.07, 6.45) is 5.09. The smallest absolute Gasteiger partial charge is 0.309 e. The standard InChI is InChI=1S/C21H15N3O2/c25-21(26)12-18-11-20-17(13-23-18)4-5-19(24-20)16-3-1-2-15(10-16)14-6-8-22-9-7-14/h1-11,13H,12H2,(H,25,26). The normalized spacial score (nSPS) is 10.8. The summed E-state index contributed by atoms with van der Waals surface area (Å²) in [7, 11) is 0. The fourth-order valence-corrected chi connectivity index (χ4v) is 2.87. The molecular formula is C21H15N3O2. The van der Waals surface area contributed by atoms with Crippen molar-refractivity contribution in [2.45, 2.75) is 6.42 Å². The van der Waals surface area contributed by atoms with Crippen molar-refractivity contribution in [2.75, 3.05) is 0 Å². The van der Waals surface area contributed by atoms with Crippen LogP contribution in [0.2, 0.25) is 0 Å². The van der Waals surface area contributed by atoms with Crippen LogP contribution in [-0.2, 0) is 11.2 Å². The molecule has 0 aliphatic rings. The summed E-state index contributed by atoms with van der Waals surface area (Å²) < 4.78 is 0. The number of pyridine rings is 3. The molecule has 0 saturated carbocycles. The largest absolute Gasteiger partial charge is 0.481 e. The molecule has 0 aliphatic heterocycles. The Morgan fingerprint density at radius 1 is 0.923 bits per heavy atom. The van der Waals surface area contributed by atoms with E-state index in [9.17, 15) is 4.79 Å². The van der Waals surface area contributed by atoms with Crippen molar-refractivity contribution in [3.63, 3.8) is 0 Å². The molecular weight excluding hydrogens is 326 g/mol. The second-order valence-corrected chi connectivity index (χ2v) is 5.95. The van der Waals surface area contributed by atoms with Crippen LogP contribution in [0.15, 0.2) is 73.2 Å². The summed E-state index contributed by atoms with van der Waals surface area (Å²) in [5.74, 6) is -0.905. The number of aliphatic carboxylic acids is 1. The molecule has 0 bridgehead atoms. The van der Waals surface area contributed by atoms with Gasteiger partial charge in [-0.1, -0.05) is 18.2 Å². The molecule has 4 rings (SSSR count). The lowest BCUT2D eigenvalue weighted by Gasteiger charge is -2.07. The van der Waals surface area contributed by atoms with Crippen LogP contribution >= 0.6 is 0 Å². The van der Waals surface area contributed by atoms with Crippen LogP contribution in [-0.4, -0.2) is 26.0 Å². The highest BCUT2D eigenvalue weighted by molar-refractivity contribution is 5.82. The van der Waals surface area contributed by atoms with E-state index in [0.29, 0.717) is 5.69 Å². The van der Waals surface area contributed by atoms with Gasteiger partial charge in [-0.15, -0.1) is 0 Å². The molecule has 0 amide bonds. The summed E-state index contributed by atoms with van der Waals surface area (Å²) in [5, 5.41) is 9.83. The van der Waals surface area contributed by atoms with Gasteiger partial charge in [-0.05, 0) is 47.5 Å². The van der Waals surface area contributed by atoms with Crippen LogP contribution in [0.4, 0.5) is 0 Å². The maximum atomic E-state index is 10.9. The van der Waals surface area contributed by atoms with Gasteiger partial charge in [0.05, 0.1) is 23.3 Å². The van der Waals surface area contributed by atoms with Gasteiger partial charge < -0.3 is 5.11 Å². The Labute approximate surface area is 150 Å². The fourth-order valence-electron chi connectivity index (χ4n) is 2.87. The number of rotatable bonds is 4. The summed E-state index contributed by atoms with van der Waals surface area (Å²) in [4.78, 5) is 23.8. The average Bonchev–Trinajstić information content (AvgIpc) is 2.68. The minimum atomic E-state index is -0.905. The SMILES string of the molecule is O=C(O)Cc1cc2nc(-c3cccc(-c4ccncc4)c3)ccc2cn1. The van der Waals surface area contributed by atoms with E-state index in [0.717, 1.165) is 33.3 Å². The van der Waals surface area contributed by atoms with E-state index in [-0.39, 0.29) is 6.42 Å². The first-order chi connectivity index (χ1) is 12.7. The highest BCUT2D eigenvalue weighted by Gasteiger charge is 2.07. The lowest BCUT2D eigenvalue weighted by molar-refractivity contribution is -0.136. The Bertz CT molecular complexity index is 1090. The van der Waals surface area contributed by atoms with E-state index in [4.69, 9.17) is 10.1 Å². The maximum Gasteiger partial charge on any atom is 0.309 e. The zero-order chi connectivity index (χ0) is 17.9. The number of carboxylic acid groups (broad SMARTS) is 1. The zero-order valence-electron chi connectivity index (χ0n) is 13.8. The zero-order valence-corrected chi connectivity index (χ0v) is 13.8.